The fraction of sp³-hybridized carbons (Fsp3) is 0.524. The highest BCUT2D eigenvalue weighted by Gasteiger charge is 2.43. The maximum atomic E-state index is 10.2. The molecule has 4 rings (SSSR count). The van der Waals surface area contributed by atoms with E-state index in [1.54, 1.807) is 0 Å². The Morgan fingerprint density at radius 2 is 1.88 bits per heavy atom. The maximum absolute atomic E-state index is 10.2. The van der Waals surface area contributed by atoms with E-state index in [2.05, 4.69) is 28.1 Å². The van der Waals surface area contributed by atoms with Gasteiger partial charge in [0.1, 0.15) is 0 Å². The Hall–Kier alpha value is -1.98. The van der Waals surface area contributed by atoms with Crippen LogP contribution in [0.5, 0.6) is 0 Å². The zero-order valence-electron chi connectivity index (χ0n) is 15.3. The summed E-state index contributed by atoms with van der Waals surface area (Å²) in [6.45, 7) is 3.92. The van der Waals surface area contributed by atoms with Crippen molar-refractivity contribution in [3.8, 4) is 11.3 Å². The third kappa shape index (κ3) is 3.60. The minimum absolute atomic E-state index is 0.160. The first kappa shape index (κ1) is 17.4. The van der Waals surface area contributed by atoms with Gasteiger partial charge in [-0.15, -0.1) is 10.2 Å². The van der Waals surface area contributed by atoms with Gasteiger partial charge in [-0.25, -0.2) is 0 Å². The second-order valence-corrected chi connectivity index (χ2v) is 7.55. The lowest BCUT2D eigenvalue weighted by Gasteiger charge is -2.48. The van der Waals surface area contributed by atoms with Crippen molar-refractivity contribution in [3.05, 3.63) is 42.5 Å². The summed E-state index contributed by atoms with van der Waals surface area (Å²) in [6.07, 6.45) is 4.32. The number of hydrogen-bond donors (Lipinski definition) is 1. The normalized spacial score (nSPS) is 25.4. The standard InChI is InChI=1S/C21H27N3O2/c1-2-18-14-17(25)15-21(26-18)10-12-24(13-11-21)20-9-8-19(22-23-20)16-6-4-3-5-7-16/h3-9,17-18,25H,2,10-15H2,1H3/t17-,18+/m1/s1. The summed E-state index contributed by atoms with van der Waals surface area (Å²) in [5, 5.41) is 19.1. The van der Waals surface area contributed by atoms with Crippen LogP contribution < -0.4 is 4.90 Å². The Labute approximate surface area is 155 Å². The van der Waals surface area contributed by atoms with Crippen LogP contribution in [0.4, 0.5) is 5.82 Å². The van der Waals surface area contributed by atoms with E-state index in [4.69, 9.17) is 4.74 Å². The van der Waals surface area contributed by atoms with Crippen molar-refractivity contribution in [2.24, 2.45) is 0 Å². The number of hydrogen-bond acceptors (Lipinski definition) is 5. The molecular formula is C21H27N3O2. The molecule has 2 atom stereocenters. The van der Waals surface area contributed by atoms with Crippen LogP contribution in [-0.2, 0) is 4.74 Å². The number of benzene rings is 1. The molecule has 0 saturated carbocycles. The average molecular weight is 353 g/mol. The zero-order valence-corrected chi connectivity index (χ0v) is 15.3. The topological polar surface area (TPSA) is 58.5 Å². The van der Waals surface area contributed by atoms with Gasteiger partial charge in [-0.1, -0.05) is 37.3 Å². The Morgan fingerprint density at radius 3 is 2.54 bits per heavy atom. The number of aliphatic hydroxyl groups excluding tert-OH is 1. The molecule has 0 amide bonds. The molecule has 26 heavy (non-hydrogen) atoms. The van der Waals surface area contributed by atoms with E-state index in [1.165, 1.54) is 0 Å². The van der Waals surface area contributed by atoms with Gasteiger partial charge in [-0.2, -0.15) is 0 Å². The molecule has 1 aromatic carbocycles. The largest absolute Gasteiger partial charge is 0.393 e. The second-order valence-electron chi connectivity index (χ2n) is 7.55. The summed E-state index contributed by atoms with van der Waals surface area (Å²) in [4.78, 5) is 2.28. The van der Waals surface area contributed by atoms with E-state index in [-0.39, 0.29) is 17.8 Å². The van der Waals surface area contributed by atoms with E-state index in [0.29, 0.717) is 0 Å². The molecule has 0 bridgehead atoms. The van der Waals surface area contributed by atoms with Crippen LogP contribution in [0.3, 0.4) is 0 Å². The smallest absolute Gasteiger partial charge is 0.151 e. The Morgan fingerprint density at radius 1 is 1.12 bits per heavy atom. The van der Waals surface area contributed by atoms with Crippen LogP contribution in [0.15, 0.2) is 42.5 Å². The van der Waals surface area contributed by atoms with Crippen LogP contribution in [0.1, 0.15) is 39.0 Å². The minimum Gasteiger partial charge on any atom is -0.393 e. The predicted octanol–water partition coefficient (Wildman–Crippen LogP) is 3.43. The first-order valence-electron chi connectivity index (χ1n) is 9.67. The molecule has 2 aliphatic rings. The number of aromatic nitrogens is 2. The van der Waals surface area contributed by atoms with Gasteiger partial charge < -0.3 is 14.7 Å². The quantitative estimate of drug-likeness (QED) is 0.916. The van der Waals surface area contributed by atoms with Crippen molar-refractivity contribution in [3.63, 3.8) is 0 Å². The lowest BCUT2D eigenvalue weighted by Crippen LogP contribution is -2.53. The molecular weight excluding hydrogens is 326 g/mol. The van der Waals surface area contributed by atoms with Crippen LogP contribution >= 0.6 is 0 Å². The summed E-state index contributed by atoms with van der Waals surface area (Å²) in [5.41, 5.74) is 1.82. The number of anilines is 1. The lowest BCUT2D eigenvalue weighted by molar-refractivity contribution is -0.171. The number of rotatable bonds is 3. The predicted molar refractivity (Wildman–Crippen MR) is 102 cm³/mol. The maximum Gasteiger partial charge on any atom is 0.151 e. The third-order valence-electron chi connectivity index (χ3n) is 5.73. The van der Waals surface area contributed by atoms with Gasteiger partial charge in [0.2, 0.25) is 0 Å². The van der Waals surface area contributed by atoms with Crippen molar-refractivity contribution in [1.82, 2.24) is 10.2 Å². The fourth-order valence-corrected chi connectivity index (χ4v) is 4.24. The van der Waals surface area contributed by atoms with Gasteiger partial charge in [-0.3, -0.25) is 0 Å². The molecule has 0 unspecified atom stereocenters. The molecule has 3 heterocycles. The summed E-state index contributed by atoms with van der Waals surface area (Å²) in [6, 6.07) is 14.2. The molecule has 1 N–H and O–H groups in total. The second kappa shape index (κ2) is 7.33. The van der Waals surface area contributed by atoms with Gasteiger partial charge in [0, 0.05) is 25.1 Å². The molecule has 0 radical (unpaired) electrons. The van der Waals surface area contributed by atoms with Crippen molar-refractivity contribution in [2.45, 2.75) is 56.8 Å². The van der Waals surface area contributed by atoms with Crippen molar-refractivity contribution in [2.75, 3.05) is 18.0 Å². The minimum atomic E-state index is -0.231. The van der Waals surface area contributed by atoms with E-state index < -0.39 is 0 Å². The lowest BCUT2D eigenvalue weighted by atomic mass is 9.81. The molecule has 5 nitrogen and oxygen atoms in total. The van der Waals surface area contributed by atoms with Crippen molar-refractivity contribution < 1.29 is 9.84 Å². The number of piperidine rings is 1. The molecule has 5 heteroatoms. The highest BCUT2D eigenvalue weighted by molar-refractivity contribution is 5.59. The fourth-order valence-electron chi connectivity index (χ4n) is 4.24. The number of ether oxygens (including phenoxy) is 1. The zero-order chi connectivity index (χ0) is 18.0. The third-order valence-corrected chi connectivity index (χ3v) is 5.73. The monoisotopic (exact) mass is 353 g/mol. The van der Waals surface area contributed by atoms with Gasteiger partial charge in [0.15, 0.2) is 5.82 Å². The molecule has 2 aliphatic heterocycles. The van der Waals surface area contributed by atoms with Gasteiger partial charge >= 0.3 is 0 Å². The van der Waals surface area contributed by atoms with E-state index >= 15 is 0 Å². The summed E-state index contributed by atoms with van der Waals surface area (Å²) >= 11 is 0. The highest BCUT2D eigenvalue weighted by atomic mass is 16.5. The first-order valence-corrected chi connectivity index (χ1v) is 9.67. The van der Waals surface area contributed by atoms with Gasteiger partial charge in [0.25, 0.3) is 0 Å². The Balaban J connectivity index is 1.42. The SMILES string of the molecule is CC[C@H]1C[C@@H](O)CC2(CCN(c3ccc(-c4ccccc4)nn3)CC2)O1. The van der Waals surface area contributed by atoms with Crippen LogP contribution in [-0.4, -0.2) is 46.2 Å². The van der Waals surface area contributed by atoms with E-state index in [1.807, 2.05) is 36.4 Å². The van der Waals surface area contributed by atoms with E-state index in [0.717, 1.165) is 62.3 Å². The molecule has 1 aromatic heterocycles. The highest BCUT2D eigenvalue weighted by Crippen LogP contribution is 2.39. The van der Waals surface area contributed by atoms with Crippen molar-refractivity contribution in [1.29, 1.82) is 0 Å². The van der Waals surface area contributed by atoms with Crippen LogP contribution in [0, 0.1) is 0 Å². The molecule has 2 fully saturated rings. The summed E-state index contributed by atoms with van der Waals surface area (Å²) < 4.78 is 6.37. The molecule has 138 valence electrons. The number of nitrogens with zero attached hydrogens (tertiary/aromatic N) is 3. The average Bonchev–Trinajstić information content (AvgIpc) is 2.69. The van der Waals surface area contributed by atoms with Gasteiger partial charge in [-0.05, 0) is 37.8 Å². The van der Waals surface area contributed by atoms with Crippen LogP contribution in [0.25, 0.3) is 11.3 Å². The molecule has 2 aromatic rings. The van der Waals surface area contributed by atoms with E-state index in [9.17, 15) is 5.11 Å². The molecule has 2 saturated heterocycles. The van der Waals surface area contributed by atoms with Gasteiger partial charge in [0.05, 0.1) is 23.5 Å². The van der Waals surface area contributed by atoms with Crippen molar-refractivity contribution >= 4 is 5.82 Å². The van der Waals surface area contributed by atoms with Crippen LogP contribution in [0.2, 0.25) is 0 Å². The summed E-state index contributed by atoms with van der Waals surface area (Å²) in [5.74, 6) is 0.919. The Kier molecular flexibility index (Phi) is 4.92. The molecule has 1 spiro atoms. The Bertz CT molecular complexity index is 712. The first-order chi connectivity index (χ1) is 12.7. The molecule has 0 aliphatic carbocycles. The number of aliphatic hydroxyl groups is 1. The summed E-state index contributed by atoms with van der Waals surface area (Å²) in [7, 11) is 0.